The average Bonchev–Trinajstić information content (AvgIpc) is 2.65. The Hall–Kier alpha value is -0.580. The van der Waals surface area contributed by atoms with Crippen LogP contribution in [0, 0.1) is 0 Å². The minimum Gasteiger partial charge on any atom is -0.389 e. The van der Waals surface area contributed by atoms with Crippen LogP contribution < -0.4 is 5.73 Å². The number of hydrogen-bond acceptors (Lipinski definition) is 3. The fraction of sp³-hybridized carbons (Fsp3) is 0.250. The van der Waals surface area contributed by atoms with Crippen molar-refractivity contribution in [3.8, 4) is 11.3 Å². The molecule has 0 saturated heterocycles. The van der Waals surface area contributed by atoms with Crippen molar-refractivity contribution in [2.24, 2.45) is 0 Å². The smallest absolute Gasteiger partial charge is 0.114 e. The second-order valence-electron chi connectivity index (χ2n) is 4.05. The number of rotatable bonds is 2. The van der Waals surface area contributed by atoms with Gasteiger partial charge in [0.15, 0.2) is 0 Å². The molecule has 1 heterocycles. The number of benzene rings is 1. The second kappa shape index (κ2) is 4.96. The van der Waals surface area contributed by atoms with Crippen LogP contribution in [0.5, 0.6) is 0 Å². The van der Waals surface area contributed by atoms with Crippen molar-refractivity contribution in [1.82, 2.24) is 4.98 Å². The minimum absolute atomic E-state index is 0.395. The Morgan fingerprint density at radius 3 is 2.65 bits per heavy atom. The van der Waals surface area contributed by atoms with Gasteiger partial charge in [0, 0.05) is 16.0 Å². The van der Waals surface area contributed by atoms with Gasteiger partial charge in [-0.1, -0.05) is 31.5 Å². The molecule has 2 nitrogen and oxygen atoms in total. The Kier molecular flexibility index (Phi) is 3.76. The first-order valence-corrected chi connectivity index (χ1v) is 7.19. The van der Waals surface area contributed by atoms with Crippen LogP contribution in [0.4, 0.5) is 5.00 Å². The molecule has 2 N–H and O–H groups in total. The molecule has 2 aromatic rings. The largest absolute Gasteiger partial charge is 0.389 e. The zero-order chi connectivity index (χ0) is 12.6. The predicted molar refractivity (Wildman–Crippen MR) is 78.8 cm³/mol. The fourth-order valence-electron chi connectivity index (χ4n) is 1.45. The number of nitrogens with two attached hydrogens (primary N) is 1. The summed E-state index contributed by atoms with van der Waals surface area (Å²) in [5.41, 5.74) is 7.84. The topological polar surface area (TPSA) is 38.9 Å². The Balaban J connectivity index is 2.49. The first-order valence-electron chi connectivity index (χ1n) is 5.20. The summed E-state index contributed by atoms with van der Waals surface area (Å²) < 4.78 is 0.857. The zero-order valence-electron chi connectivity index (χ0n) is 9.50. The molecule has 0 saturated carbocycles. The molecule has 5 heteroatoms. The van der Waals surface area contributed by atoms with E-state index in [1.165, 1.54) is 0 Å². The highest BCUT2D eigenvalue weighted by Crippen LogP contribution is 2.36. The number of nitrogens with zero attached hydrogens (tertiary/aromatic N) is 1. The lowest BCUT2D eigenvalue weighted by Gasteiger charge is -2.01. The quantitative estimate of drug-likeness (QED) is 0.847. The molecule has 0 aliphatic heterocycles. The monoisotopic (exact) mass is 330 g/mol. The summed E-state index contributed by atoms with van der Waals surface area (Å²) in [7, 11) is 0. The molecule has 0 spiro atoms. The lowest BCUT2D eigenvalue weighted by Crippen LogP contribution is -1.87. The highest BCUT2D eigenvalue weighted by Gasteiger charge is 2.13. The van der Waals surface area contributed by atoms with Gasteiger partial charge in [0.25, 0.3) is 0 Å². The van der Waals surface area contributed by atoms with Crippen LogP contribution in [0.2, 0.25) is 5.02 Å². The lowest BCUT2D eigenvalue weighted by molar-refractivity contribution is 0.854. The van der Waals surface area contributed by atoms with Crippen molar-refractivity contribution in [3.05, 3.63) is 32.7 Å². The maximum absolute atomic E-state index is 6.01. The minimum atomic E-state index is 0.395. The highest BCUT2D eigenvalue weighted by atomic mass is 79.9. The predicted octanol–water partition coefficient (Wildman–Crippen LogP) is 4.93. The van der Waals surface area contributed by atoms with E-state index in [-0.39, 0.29) is 0 Å². The summed E-state index contributed by atoms with van der Waals surface area (Å²) in [6.45, 7) is 4.22. The molecule has 2 rings (SSSR count). The van der Waals surface area contributed by atoms with Crippen LogP contribution in [0.1, 0.15) is 24.8 Å². The first-order chi connectivity index (χ1) is 7.99. The van der Waals surface area contributed by atoms with Gasteiger partial charge in [-0.15, -0.1) is 11.3 Å². The molecule has 0 aliphatic carbocycles. The maximum atomic E-state index is 6.01. The van der Waals surface area contributed by atoms with Gasteiger partial charge in [-0.25, -0.2) is 4.98 Å². The number of thiazole rings is 1. The lowest BCUT2D eigenvalue weighted by atomic mass is 10.1. The van der Waals surface area contributed by atoms with Crippen LogP contribution in [0.15, 0.2) is 22.7 Å². The summed E-state index contributed by atoms with van der Waals surface area (Å²) in [6, 6.07) is 5.72. The molecule has 0 aliphatic rings. The molecule has 17 heavy (non-hydrogen) atoms. The van der Waals surface area contributed by atoms with Crippen molar-refractivity contribution >= 4 is 43.9 Å². The van der Waals surface area contributed by atoms with Crippen molar-refractivity contribution < 1.29 is 0 Å². The third-order valence-electron chi connectivity index (χ3n) is 2.36. The van der Waals surface area contributed by atoms with E-state index in [2.05, 4.69) is 34.8 Å². The van der Waals surface area contributed by atoms with Gasteiger partial charge in [0.1, 0.15) is 10.7 Å². The number of aromatic nitrogens is 1. The van der Waals surface area contributed by atoms with Gasteiger partial charge < -0.3 is 5.73 Å². The number of anilines is 1. The van der Waals surface area contributed by atoms with Gasteiger partial charge >= 0.3 is 0 Å². The van der Waals surface area contributed by atoms with Crippen LogP contribution in [0.3, 0.4) is 0 Å². The van der Waals surface area contributed by atoms with E-state index >= 15 is 0 Å². The van der Waals surface area contributed by atoms with Crippen LogP contribution >= 0.6 is 38.9 Å². The molecular weight excluding hydrogens is 320 g/mol. The Bertz CT molecular complexity index is 551. The Morgan fingerprint density at radius 1 is 1.41 bits per heavy atom. The second-order valence-corrected chi connectivity index (χ2v) is 6.37. The van der Waals surface area contributed by atoms with E-state index in [4.69, 9.17) is 17.3 Å². The summed E-state index contributed by atoms with van der Waals surface area (Å²) in [6.07, 6.45) is 0. The van der Waals surface area contributed by atoms with Gasteiger partial charge in [0.05, 0.1) is 10.0 Å². The first kappa shape index (κ1) is 12.9. The van der Waals surface area contributed by atoms with Crippen LogP contribution in [0.25, 0.3) is 11.3 Å². The number of hydrogen-bond donors (Lipinski definition) is 1. The van der Waals surface area contributed by atoms with E-state index in [0.29, 0.717) is 10.9 Å². The normalized spacial score (nSPS) is 11.1. The maximum Gasteiger partial charge on any atom is 0.114 e. The van der Waals surface area contributed by atoms with Gasteiger partial charge in [0.2, 0.25) is 0 Å². The molecule has 0 bridgehead atoms. The number of halogens is 2. The highest BCUT2D eigenvalue weighted by molar-refractivity contribution is 9.10. The SMILES string of the molecule is CC(C)c1nc(-c2ccc(Cl)c(Br)c2)c(N)s1. The number of nitrogen functional groups attached to an aromatic ring is 1. The van der Waals surface area contributed by atoms with Crippen LogP contribution in [-0.4, -0.2) is 4.98 Å². The molecule has 0 unspecified atom stereocenters. The summed E-state index contributed by atoms with van der Waals surface area (Å²) in [5, 5.41) is 2.50. The van der Waals surface area contributed by atoms with Gasteiger partial charge in [-0.2, -0.15) is 0 Å². The van der Waals surface area contributed by atoms with Gasteiger partial charge in [-0.05, 0) is 28.1 Å². The third kappa shape index (κ3) is 2.64. The van der Waals surface area contributed by atoms with E-state index < -0.39 is 0 Å². The van der Waals surface area contributed by atoms with Crippen LogP contribution in [-0.2, 0) is 0 Å². The molecule has 0 atom stereocenters. The van der Waals surface area contributed by atoms with Gasteiger partial charge in [-0.3, -0.25) is 0 Å². The van der Waals surface area contributed by atoms with Crippen molar-refractivity contribution in [1.29, 1.82) is 0 Å². The molecule has 1 aromatic carbocycles. The summed E-state index contributed by atoms with van der Waals surface area (Å²) >= 11 is 10.9. The Labute approximate surface area is 118 Å². The molecule has 0 radical (unpaired) electrons. The van der Waals surface area contributed by atoms with E-state index in [0.717, 1.165) is 25.7 Å². The Morgan fingerprint density at radius 2 is 2.12 bits per heavy atom. The van der Waals surface area contributed by atoms with E-state index in [1.807, 2.05) is 18.2 Å². The molecule has 0 fully saturated rings. The molecule has 1 aromatic heterocycles. The zero-order valence-corrected chi connectivity index (χ0v) is 12.7. The van der Waals surface area contributed by atoms with E-state index in [1.54, 1.807) is 11.3 Å². The van der Waals surface area contributed by atoms with Crippen molar-refractivity contribution in [2.45, 2.75) is 19.8 Å². The third-order valence-corrected chi connectivity index (χ3v) is 4.76. The average molecular weight is 332 g/mol. The summed E-state index contributed by atoms with van der Waals surface area (Å²) in [5.74, 6) is 0.395. The van der Waals surface area contributed by atoms with Crippen molar-refractivity contribution in [2.75, 3.05) is 5.73 Å². The van der Waals surface area contributed by atoms with Crippen molar-refractivity contribution in [3.63, 3.8) is 0 Å². The molecule has 90 valence electrons. The molecule has 0 amide bonds. The standard InChI is InChI=1S/C12H12BrClN2S/c1-6(2)12-16-10(11(15)17-12)7-3-4-9(14)8(13)5-7/h3-6H,15H2,1-2H3. The summed E-state index contributed by atoms with van der Waals surface area (Å²) in [4.78, 5) is 4.58. The fourth-order valence-corrected chi connectivity index (χ4v) is 2.80. The van der Waals surface area contributed by atoms with E-state index in [9.17, 15) is 0 Å². The molecular formula is C12H12BrClN2S.